The summed E-state index contributed by atoms with van der Waals surface area (Å²) in [5.41, 5.74) is 1.52. The number of nitrogens with one attached hydrogen (secondary N) is 2. The number of carbonyl (C=O) groups is 1. The molecule has 0 radical (unpaired) electrons. The first kappa shape index (κ1) is 22.5. The van der Waals surface area contributed by atoms with Gasteiger partial charge in [-0.2, -0.15) is 13.5 Å². The van der Waals surface area contributed by atoms with Crippen molar-refractivity contribution in [1.82, 2.24) is 10.2 Å². The van der Waals surface area contributed by atoms with Gasteiger partial charge in [0.25, 0.3) is 0 Å². The Hall–Kier alpha value is -3.70. The second-order valence-corrected chi connectivity index (χ2v) is 10.8. The van der Waals surface area contributed by atoms with Crippen molar-refractivity contribution in [3.05, 3.63) is 78.5 Å². The molecule has 0 unspecified atom stereocenters. The van der Waals surface area contributed by atoms with Crippen molar-refractivity contribution >= 4 is 42.5 Å². The molecule has 1 aromatic heterocycles. The highest BCUT2D eigenvalue weighted by molar-refractivity contribution is 7.91. The maximum Gasteiger partial charge on any atom is 0.339 e. The fourth-order valence-electron chi connectivity index (χ4n) is 3.21. The lowest BCUT2D eigenvalue weighted by atomic mass is 10.1. The molecule has 0 aliphatic rings. The smallest absolute Gasteiger partial charge is 0.339 e. The lowest BCUT2D eigenvalue weighted by Gasteiger charge is -2.10. The summed E-state index contributed by atoms with van der Waals surface area (Å²) in [6.07, 6.45) is 0.902. The second-order valence-electron chi connectivity index (χ2n) is 7.23. The zero-order valence-electron chi connectivity index (χ0n) is 17.3. The molecule has 3 aromatic carbocycles. The van der Waals surface area contributed by atoms with Gasteiger partial charge in [-0.05, 0) is 42.5 Å². The Morgan fingerprint density at radius 1 is 0.970 bits per heavy atom. The van der Waals surface area contributed by atoms with Crippen molar-refractivity contribution in [2.24, 2.45) is 0 Å². The van der Waals surface area contributed by atoms with Gasteiger partial charge in [-0.3, -0.25) is 9.89 Å². The van der Waals surface area contributed by atoms with Crippen molar-refractivity contribution < 1.29 is 25.8 Å². The van der Waals surface area contributed by atoms with Gasteiger partial charge in [0.05, 0.1) is 17.6 Å². The molecule has 1 amide bonds. The number of aromatic nitrogens is 2. The van der Waals surface area contributed by atoms with E-state index in [2.05, 4.69) is 15.5 Å². The second kappa shape index (κ2) is 8.68. The molecule has 1 heterocycles. The average molecular weight is 486 g/mol. The minimum atomic E-state index is -4.37. The van der Waals surface area contributed by atoms with Crippen molar-refractivity contribution in [3.8, 4) is 5.75 Å². The maximum absolute atomic E-state index is 12.9. The summed E-state index contributed by atoms with van der Waals surface area (Å²) in [4.78, 5) is 12.0. The van der Waals surface area contributed by atoms with Gasteiger partial charge in [-0.1, -0.05) is 30.3 Å². The summed E-state index contributed by atoms with van der Waals surface area (Å²) in [5, 5.41) is 10.1. The zero-order chi connectivity index (χ0) is 23.6. The highest BCUT2D eigenvalue weighted by Crippen LogP contribution is 2.28. The summed E-state index contributed by atoms with van der Waals surface area (Å²) < 4.78 is 54.9. The van der Waals surface area contributed by atoms with Crippen LogP contribution in [0.2, 0.25) is 0 Å². The van der Waals surface area contributed by atoms with E-state index in [9.17, 15) is 21.6 Å². The Morgan fingerprint density at radius 3 is 2.39 bits per heavy atom. The fourth-order valence-corrected chi connectivity index (χ4v) is 5.04. The van der Waals surface area contributed by atoms with Crippen LogP contribution in [-0.4, -0.2) is 39.2 Å². The molecule has 4 aromatic rings. The molecular formula is C22H19N3O6S2. The van der Waals surface area contributed by atoms with Crippen molar-refractivity contribution in [2.75, 3.05) is 11.6 Å². The number of anilines is 1. The number of H-pyrrole nitrogens is 1. The standard InChI is InChI=1S/C22H19N3O6S2/c1-32(27,28)21-10-6-5-9-20(21)31-33(29,30)16-11-12-18-17(13-16)19(25-24-18)14-22(26)23-15-7-3-2-4-8-15/h2-13H,14H2,1H3,(H,23,26)(H,24,25). The average Bonchev–Trinajstić information content (AvgIpc) is 3.16. The number of benzene rings is 3. The number of sulfone groups is 1. The Bertz CT molecular complexity index is 1550. The fraction of sp³-hybridized carbons (Fsp3) is 0.0909. The predicted octanol–water partition coefficient (Wildman–Crippen LogP) is 2.92. The lowest BCUT2D eigenvalue weighted by Crippen LogP contribution is -2.15. The van der Waals surface area contributed by atoms with Crippen LogP contribution in [0.3, 0.4) is 0 Å². The molecular weight excluding hydrogens is 466 g/mol. The van der Waals surface area contributed by atoms with E-state index in [-0.39, 0.29) is 27.9 Å². The summed E-state index contributed by atoms with van der Waals surface area (Å²) in [6.45, 7) is 0. The number of para-hydroxylation sites is 2. The Morgan fingerprint density at radius 2 is 1.67 bits per heavy atom. The van der Waals surface area contributed by atoms with Crippen LogP contribution in [0.15, 0.2) is 82.6 Å². The van der Waals surface area contributed by atoms with Gasteiger partial charge in [0.2, 0.25) is 5.91 Å². The number of carbonyl (C=O) groups excluding carboxylic acids is 1. The lowest BCUT2D eigenvalue weighted by molar-refractivity contribution is -0.115. The van der Waals surface area contributed by atoms with Gasteiger partial charge in [0.1, 0.15) is 9.79 Å². The van der Waals surface area contributed by atoms with Crippen LogP contribution in [0.1, 0.15) is 5.69 Å². The molecule has 0 aliphatic carbocycles. The summed E-state index contributed by atoms with van der Waals surface area (Å²) in [7, 11) is -8.07. The quantitative estimate of drug-likeness (QED) is 0.384. The minimum Gasteiger partial charge on any atom is -0.378 e. The first-order chi connectivity index (χ1) is 15.6. The molecule has 33 heavy (non-hydrogen) atoms. The zero-order valence-corrected chi connectivity index (χ0v) is 19.0. The predicted molar refractivity (Wildman–Crippen MR) is 122 cm³/mol. The number of fused-ring (bicyclic) bond motifs is 1. The summed E-state index contributed by atoms with van der Waals surface area (Å²) in [6, 6.07) is 18.5. The number of hydrogen-bond acceptors (Lipinski definition) is 7. The molecule has 0 spiro atoms. The van der Waals surface area contributed by atoms with Gasteiger partial charge in [0.15, 0.2) is 15.6 Å². The van der Waals surface area contributed by atoms with E-state index < -0.39 is 20.0 Å². The van der Waals surface area contributed by atoms with E-state index in [0.29, 0.717) is 22.3 Å². The Labute approximate surface area is 190 Å². The van der Waals surface area contributed by atoms with Crippen LogP contribution in [0.5, 0.6) is 5.75 Å². The van der Waals surface area contributed by atoms with Gasteiger partial charge in [0, 0.05) is 17.3 Å². The molecule has 2 N–H and O–H groups in total. The Balaban J connectivity index is 1.62. The molecule has 0 atom stereocenters. The third-order valence-corrected chi connectivity index (χ3v) is 7.10. The first-order valence-corrected chi connectivity index (χ1v) is 13.0. The molecule has 0 saturated carbocycles. The molecule has 0 fully saturated rings. The Kier molecular flexibility index (Phi) is 5.91. The first-order valence-electron chi connectivity index (χ1n) is 9.69. The molecule has 0 bridgehead atoms. The van der Waals surface area contributed by atoms with Crippen LogP contribution in [0.4, 0.5) is 5.69 Å². The maximum atomic E-state index is 12.9. The highest BCUT2D eigenvalue weighted by Gasteiger charge is 2.23. The van der Waals surface area contributed by atoms with Crippen LogP contribution >= 0.6 is 0 Å². The van der Waals surface area contributed by atoms with Crippen molar-refractivity contribution in [2.45, 2.75) is 16.2 Å². The highest BCUT2D eigenvalue weighted by atomic mass is 32.2. The van der Waals surface area contributed by atoms with E-state index in [1.807, 2.05) is 6.07 Å². The molecule has 4 rings (SSSR count). The number of rotatable bonds is 7. The minimum absolute atomic E-state index is 0.0628. The van der Waals surface area contributed by atoms with Crippen LogP contribution in [-0.2, 0) is 31.2 Å². The SMILES string of the molecule is CS(=O)(=O)c1ccccc1OS(=O)(=O)c1ccc2n[nH]c(CC(=O)Nc3ccccc3)c2c1. The van der Waals surface area contributed by atoms with E-state index in [1.54, 1.807) is 24.3 Å². The molecule has 9 nitrogen and oxygen atoms in total. The van der Waals surface area contributed by atoms with Crippen LogP contribution in [0, 0.1) is 0 Å². The summed E-state index contributed by atoms with van der Waals surface area (Å²) in [5.74, 6) is -0.604. The van der Waals surface area contributed by atoms with E-state index in [0.717, 1.165) is 6.26 Å². The monoisotopic (exact) mass is 485 g/mol. The van der Waals surface area contributed by atoms with E-state index >= 15 is 0 Å². The normalized spacial score (nSPS) is 11.9. The topological polar surface area (TPSA) is 135 Å². The molecule has 11 heteroatoms. The number of amides is 1. The van der Waals surface area contributed by atoms with Gasteiger partial charge >= 0.3 is 10.1 Å². The summed E-state index contributed by atoms with van der Waals surface area (Å²) >= 11 is 0. The van der Waals surface area contributed by atoms with Gasteiger partial charge < -0.3 is 9.50 Å². The van der Waals surface area contributed by atoms with Crippen LogP contribution in [0.25, 0.3) is 10.9 Å². The largest absolute Gasteiger partial charge is 0.378 e. The van der Waals surface area contributed by atoms with E-state index in [1.165, 1.54) is 42.5 Å². The number of nitrogens with zero attached hydrogens (tertiary/aromatic N) is 1. The molecule has 170 valence electrons. The van der Waals surface area contributed by atoms with Crippen molar-refractivity contribution in [1.29, 1.82) is 0 Å². The van der Waals surface area contributed by atoms with Crippen molar-refractivity contribution in [3.63, 3.8) is 0 Å². The third-order valence-electron chi connectivity index (χ3n) is 4.74. The molecule has 0 aliphatic heterocycles. The third kappa shape index (κ3) is 5.04. The number of hydrogen-bond donors (Lipinski definition) is 2. The van der Waals surface area contributed by atoms with Gasteiger partial charge in [-0.25, -0.2) is 8.42 Å². The molecule has 0 saturated heterocycles. The van der Waals surface area contributed by atoms with Gasteiger partial charge in [-0.15, -0.1) is 0 Å². The van der Waals surface area contributed by atoms with Crippen LogP contribution < -0.4 is 9.50 Å². The van der Waals surface area contributed by atoms with E-state index in [4.69, 9.17) is 4.18 Å². The number of aromatic amines is 1.